The molecule has 114 valence electrons. The summed E-state index contributed by atoms with van der Waals surface area (Å²) >= 11 is 0. The molecule has 2 aliphatic heterocycles. The van der Waals surface area contributed by atoms with Gasteiger partial charge in [0.15, 0.2) is 0 Å². The van der Waals surface area contributed by atoms with Crippen molar-refractivity contribution in [3.05, 3.63) is 29.6 Å². The van der Waals surface area contributed by atoms with Crippen LogP contribution in [0, 0.1) is 5.82 Å². The summed E-state index contributed by atoms with van der Waals surface area (Å²) in [5, 5.41) is 0. The maximum Gasteiger partial charge on any atom is 0.239 e. The molecule has 3 rings (SSSR count). The van der Waals surface area contributed by atoms with E-state index < -0.39 is 0 Å². The number of carbonyl (C=O) groups is 1. The summed E-state index contributed by atoms with van der Waals surface area (Å²) in [5.41, 5.74) is 0.921. The molecule has 0 radical (unpaired) electrons. The summed E-state index contributed by atoms with van der Waals surface area (Å²) in [5.74, 6) is 0.452. The van der Waals surface area contributed by atoms with Crippen LogP contribution in [0.25, 0.3) is 0 Å². The third-order valence-electron chi connectivity index (χ3n) is 4.63. The number of piperazine rings is 1. The van der Waals surface area contributed by atoms with E-state index in [4.69, 9.17) is 4.74 Å². The standard InChI is InChI=1S/C16H21FN2O2/c1-11-16(20)19-7-3-4-14(19)10-18(11)9-12-5-6-13(17)8-15(12)21-2/h5-6,8,11,14H,3-4,7,9-10H2,1-2H3/t11-,14-/m0/s1. The predicted octanol–water partition coefficient (Wildman–Crippen LogP) is 2.03. The van der Waals surface area contributed by atoms with Crippen LogP contribution in [-0.4, -0.2) is 48.0 Å². The van der Waals surface area contributed by atoms with Gasteiger partial charge in [0.25, 0.3) is 0 Å². The molecule has 2 saturated heterocycles. The molecule has 0 spiro atoms. The van der Waals surface area contributed by atoms with Crippen LogP contribution in [0.15, 0.2) is 18.2 Å². The molecule has 2 heterocycles. The smallest absolute Gasteiger partial charge is 0.239 e. The van der Waals surface area contributed by atoms with Gasteiger partial charge in [-0.25, -0.2) is 4.39 Å². The summed E-state index contributed by atoms with van der Waals surface area (Å²) in [6.07, 6.45) is 2.17. The van der Waals surface area contributed by atoms with E-state index in [9.17, 15) is 9.18 Å². The molecule has 2 atom stereocenters. The summed E-state index contributed by atoms with van der Waals surface area (Å²) < 4.78 is 18.5. The van der Waals surface area contributed by atoms with Gasteiger partial charge in [0, 0.05) is 37.3 Å². The van der Waals surface area contributed by atoms with Crippen LogP contribution in [0.4, 0.5) is 4.39 Å². The van der Waals surface area contributed by atoms with Crippen molar-refractivity contribution < 1.29 is 13.9 Å². The van der Waals surface area contributed by atoms with Gasteiger partial charge in [-0.1, -0.05) is 6.07 Å². The van der Waals surface area contributed by atoms with E-state index in [1.807, 2.05) is 11.8 Å². The third kappa shape index (κ3) is 2.62. The number of rotatable bonds is 3. The SMILES string of the molecule is COc1cc(F)ccc1CN1C[C@@H]2CCCN2C(=O)[C@@H]1C. The van der Waals surface area contributed by atoms with Crippen LogP contribution in [0.3, 0.4) is 0 Å². The lowest BCUT2D eigenvalue weighted by Crippen LogP contribution is -2.58. The number of nitrogens with zero attached hydrogens (tertiary/aromatic N) is 2. The Hall–Kier alpha value is -1.62. The monoisotopic (exact) mass is 292 g/mol. The average Bonchev–Trinajstić information content (AvgIpc) is 2.94. The number of carbonyl (C=O) groups excluding carboxylic acids is 1. The first-order valence-corrected chi connectivity index (χ1v) is 7.47. The second-order valence-electron chi connectivity index (χ2n) is 5.89. The molecule has 5 heteroatoms. The van der Waals surface area contributed by atoms with E-state index in [0.29, 0.717) is 18.3 Å². The van der Waals surface area contributed by atoms with Gasteiger partial charge in [-0.15, -0.1) is 0 Å². The number of benzene rings is 1. The molecule has 2 fully saturated rings. The number of ether oxygens (including phenoxy) is 1. The second kappa shape index (κ2) is 5.64. The Morgan fingerprint density at radius 3 is 3.00 bits per heavy atom. The molecule has 1 aromatic rings. The first kappa shape index (κ1) is 14.3. The fourth-order valence-corrected chi connectivity index (χ4v) is 3.41. The second-order valence-corrected chi connectivity index (χ2v) is 5.89. The molecule has 0 bridgehead atoms. The van der Waals surface area contributed by atoms with Crippen molar-refractivity contribution in [2.24, 2.45) is 0 Å². The Morgan fingerprint density at radius 2 is 2.24 bits per heavy atom. The van der Waals surface area contributed by atoms with Gasteiger partial charge in [-0.3, -0.25) is 9.69 Å². The van der Waals surface area contributed by atoms with Crippen molar-refractivity contribution in [3.8, 4) is 5.75 Å². The number of halogens is 1. The molecule has 0 N–H and O–H groups in total. The van der Waals surface area contributed by atoms with Crippen LogP contribution in [-0.2, 0) is 11.3 Å². The van der Waals surface area contributed by atoms with Crippen LogP contribution < -0.4 is 4.74 Å². The molecule has 1 amide bonds. The minimum Gasteiger partial charge on any atom is -0.496 e. The molecular weight excluding hydrogens is 271 g/mol. The molecule has 2 aliphatic rings. The molecule has 0 aromatic heterocycles. The highest BCUT2D eigenvalue weighted by Crippen LogP contribution is 2.28. The fraction of sp³-hybridized carbons (Fsp3) is 0.562. The Bertz CT molecular complexity index is 549. The molecule has 4 nitrogen and oxygen atoms in total. The normalized spacial score (nSPS) is 26.0. The summed E-state index contributed by atoms with van der Waals surface area (Å²) in [6, 6.07) is 4.78. The van der Waals surface area contributed by atoms with Crippen molar-refractivity contribution in [1.29, 1.82) is 0 Å². The lowest BCUT2D eigenvalue weighted by Gasteiger charge is -2.41. The van der Waals surface area contributed by atoms with Gasteiger partial charge in [0.1, 0.15) is 11.6 Å². The highest BCUT2D eigenvalue weighted by molar-refractivity contribution is 5.83. The molecular formula is C16H21FN2O2. The van der Waals surface area contributed by atoms with Gasteiger partial charge in [0.05, 0.1) is 13.2 Å². The summed E-state index contributed by atoms with van der Waals surface area (Å²) in [4.78, 5) is 16.6. The van der Waals surface area contributed by atoms with Crippen molar-refractivity contribution in [3.63, 3.8) is 0 Å². The molecule has 0 unspecified atom stereocenters. The van der Waals surface area contributed by atoms with Gasteiger partial charge in [0.2, 0.25) is 5.91 Å². The van der Waals surface area contributed by atoms with E-state index in [0.717, 1.165) is 31.5 Å². The lowest BCUT2D eigenvalue weighted by atomic mass is 10.1. The highest BCUT2D eigenvalue weighted by Gasteiger charge is 2.40. The Balaban J connectivity index is 1.79. The Labute approximate surface area is 124 Å². The van der Waals surface area contributed by atoms with Gasteiger partial charge in [-0.05, 0) is 25.8 Å². The molecule has 1 aromatic carbocycles. The fourth-order valence-electron chi connectivity index (χ4n) is 3.41. The number of amides is 1. The van der Waals surface area contributed by atoms with Crippen molar-refractivity contribution in [1.82, 2.24) is 9.80 Å². The molecule has 0 aliphatic carbocycles. The quantitative estimate of drug-likeness (QED) is 0.854. The topological polar surface area (TPSA) is 32.8 Å². The zero-order valence-corrected chi connectivity index (χ0v) is 12.5. The van der Waals surface area contributed by atoms with Gasteiger partial charge in [-0.2, -0.15) is 0 Å². The van der Waals surface area contributed by atoms with Gasteiger partial charge < -0.3 is 9.64 Å². The number of hydrogen-bond acceptors (Lipinski definition) is 3. The van der Waals surface area contributed by atoms with Crippen LogP contribution in [0.1, 0.15) is 25.3 Å². The number of hydrogen-bond donors (Lipinski definition) is 0. The van der Waals surface area contributed by atoms with E-state index >= 15 is 0 Å². The van der Waals surface area contributed by atoms with E-state index in [-0.39, 0.29) is 17.8 Å². The third-order valence-corrected chi connectivity index (χ3v) is 4.63. The van der Waals surface area contributed by atoms with Crippen LogP contribution >= 0.6 is 0 Å². The summed E-state index contributed by atoms with van der Waals surface area (Å²) in [6.45, 7) is 4.34. The minimum absolute atomic E-state index is 0.130. The Morgan fingerprint density at radius 1 is 1.43 bits per heavy atom. The van der Waals surface area contributed by atoms with Crippen molar-refractivity contribution >= 4 is 5.91 Å². The zero-order valence-electron chi connectivity index (χ0n) is 12.5. The number of methoxy groups -OCH3 is 1. The summed E-state index contributed by atoms with van der Waals surface area (Å²) in [7, 11) is 1.54. The van der Waals surface area contributed by atoms with Crippen LogP contribution in [0.5, 0.6) is 5.75 Å². The van der Waals surface area contributed by atoms with Crippen LogP contribution in [0.2, 0.25) is 0 Å². The average molecular weight is 292 g/mol. The Kier molecular flexibility index (Phi) is 3.85. The maximum absolute atomic E-state index is 13.3. The lowest BCUT2D eigenvalue weighted by molar-refractivity contribution is -0.143. The predicted molar refractivity (Wildman–Crippen MR) is 77.6 cm³/mol. The zero-order chi connectivity index (χ0) is 15.0. The van der Waals surface area contributed by atoms with E-state index in [2.05, 4.69) is 4.90 Å². The van der Waals surface area contributed by atoms with E-state index in [1.54, 1.807) is 13.2 Å². The van der Waals surface area contributed by atoms with Gasteiger partial charge >= 0.3 is 0 Å². The minimum atomic E-state index is -0.305. The number of fused-ring (bicyclic) bond motifs is 1. The van der Waals surface area contributed by atoms with E-state index in [1.165, 1.54) is 12.1 Å². The molecule has 21 heavy (non-hydrogen) atoms. The maximum atomic E-state index is 13.3. The van der Waals surface area contributed by atoms with Crippen molar-refractivity contribution in [2.75, 3.05) is 20.2 Å². The highest BCUT2D eigenvalue weighted by atomic mass is 19.1. The first-order chi connectivity index (χ1) is 10.1. The first-order valence-electron chi connectivity index (χ1n) is 7.47. The largest absolute Gasteiger partial charge is 0.496 e. The van der Waals surface area contributed by atoms with Crippen molar-refractivity contribution in [2.45, 2.75) is 38.4 Å². The molecule has 0 saturated carbocycles.